The summed E-state index contributed by atoms with van der Waals surface area (Å²) in [6.07, 6.45) is 1.70. The number of imide groups is 1. The number of urea groups is 1. The molecule has 0 fully saturated rings. The quantitative estimate of drug-likeness (QED) is 0.576. The molecule has 2 aromatic carbocycles. The van der Waals surface area contributed by atoms with Crippen LogP contribution < -0.4 is 20.7 Å². The van der Waals surface area contributed by atoms with Gasteiger partial charge >= 0.3 is 6.03 Å². The van der Waals surface area contributed by atoms with E-state index in [-0.39, 0.29) is 12.6 Å². The zero-order chi connectivity index (χ0) is 20.5. The van der Waals surface area contributed by atoms with Crippen molar-refractivity contribution in [3.63, 3.8) is 0 Å². The van der Waals surface area contributed by atoms with E-state index in [1.54, 1.807) is 37.6 Å². The second kappa shape index (κ2) is 10.0. The van der Waals surface area contributed by atoms with Crippen LogP contribution in [0.4, 0.5) is 10.5 Å². The summed E-state index contributed by atoms with van der Waals surface area (Å²) < 4.78 is 5.07. The van der Waals surface area contributed by atoms with Crippen molar-refractivity contribution >= 4 is 17.6 Å². The van der Waals surface area contributed by atoms with Gasteiger partial charge in [0.15, 0.2) is 0 Å². The van der Waals surface area contributed by atoms with Crippen molar-refractivity contribution in [3.05, 3.63) is 90.3 Å². The molecule has 7 nitrogen and oxygen atoms in total. The minimum Gasteiger partial charge on any atom is -0.497 e. The molecule has 0 bridgehead atoms. The molecular formula is C22H22N4O3. The number of hydrogen-bond acceptors (Lipinski definition) is 5. The first-order chi connectivity index (χ1) is 14.2. The van der Waals surface area contributed by atoms with Crippen LogP contribution in [-0.4, -0.2) is 30.6 Å². The highest BCUT2D eigenvalue weighted by molar-refractivity contribution is 6.01. The molecule has 148 valence electrons. The Balaban J connectivity index is 1.57. The minimum atomic E-state index is -0.601. The van der Waals surface area contributed by atoms with Crippen LogP contribution in [0.5, 0.6) is 5.75 Å². The van der Waals surface area contributed by atoms with Gasteiger partial charge in [-0.05, 0) is 42.0 Å². The summed E-state index contributed by atoms with van der Waals surface area (Å²) >= 11 is 0. The molecule has 3 rings (SSSR count). The van der Waals surface area contributed by atoms with Crippen molar-refractivity contribution in [2.24, 2.45) is 0 Å². The molecule has 1 unspecified atom stereocenters. The summed E-state index contributed by atoms with van der Waals surface area (Å²) in [6.45, 7) is -0.0494. The van der Waals surface area contributed by atoms with Crippen molar-refractivity contribution in [2.45, 2.75) is 6.04 Å². The van der Waals surface area contributed by atoms with Crippen LogP contribution in [0.25, 0.3) is 0 Å². The van der Waals surface area contributed by atoms with E-state index in [0.717, 1.165) is 11.3 Å². The predicted molar refractivity (Wildman–Crippen MR) is 111 cm³/mol. The number of pyridine rings is 1. The van der Waals surface area contributed by atoms with Gasteiger partial charge < -0.3 is 10.1 Å². The smallest absolute Gasteiger partial charge is 0.325 e. The van der Waals surface area contributed by atoms with Gasteiger partial charge in [-0.3, -0.25) is 20.4 Å². The van der Waals surface area contributed by atoms with Gasteiger partial charge in [0.05, 0.1) is 25.4 Å². The van der Waals surface area contributed by atoms with Crippen LogP contribution in [0.15, 0.2) is 79.0 Å². The molecule has 0 aliphatic rings. The van der Waals surface area contributed by atoms with Crippen molar-refractivity contribution in [3.8, 4) is 5.75 Å². The summed E-state index contributed by atoms with van der Waals surface area (Å²) in [5.41, 5.74) is 2.32. The van der Waals surface area contributed by atoms with Gasteiger partial charge in [-0.15, -0.1) is 0 Å². The molecule has 0 saturated carbocycles. The Morgan fingerprint density at radius 1 is 0.966 bits per heavy atom. The molecular weight excluding hydrogens is 368 g/mol. The zero-order valence-corrected chi connectivity index (χ0v) is 16.0. The zero-order valence-electron chi connectivity index (χ0n) is 16.0. The van der Waals surface area contributed by atoms with E-state index in [0.29, 0.717) is 11.4 Å². The minimum absolute atomic E-state index is 0.0494. The first-order valence-corrected chi connectivity index (χ1v) is 9.10. The third-order valence-electron chi connectivity index (χ3n) is 4.18. The number of nitrogens with one attached hydrogen (secondary N) is 3. The average Bonchev–Trinajstić information content (AvgIpc) is 2.76. The number of hydrogen-bond donors (Lipinski definition) is 3. The van der Waals surface area contributed by atoms with Gasteiger partial charge in [-0.1, -0.05) is 36.4 Å². The maximum Gasteiger partial charge on any atom is 0.325 e. The molecule has 1 heterocycles. The summed E-state index contributed by atoms with van der Waals surface area (Å²) in [7, 11) is 1.56. The van der Waals surface area contributed by atoms with E-state index in [4.69, 9.17) is 4.74 Å². The molecule has 29 heavy (non-hydrogen) atoms. The van der Waals surface area contributed by atoms with E-state index >= 15 is 0 Å². The second-order valence-corrected chi connectivity index (χ2v) is 6.21. The van der Waals surface area contributed by atoms with Gasteiger partial charge in [-0.25, -0.2) is 4.79 Å². The van der Waals surface area contributed by atoms with E-state index < -0.39 is 11.9 Å². The number of aromatic nitrogens is 1. The van der Waals surface area contributed by atoms with Crippen LogP contribution in [0.1, 0.15) is 17.3 Å². The summed E-state index contributed by atoms with van der Waals surface area (Å²) in [4.78, 5) is 28.7. The molecule has 3 N–H and O–H groups in total. The number of carbonyl (C=O) groups is 2. The van der Waals surface area contributed by atoms with Gasteiger partial charge in [-0.2, -0.15) is 0 Å². The van der Waals surface area contributed by atoms with Crippen LogP contribution >= 0.6 is 0 Å². The Hall–Kier alpha value is -3.71. The first-order valence-electron chi connectivity index (χ1n) is 9.10. The van der Waals surface area contributed by atoms with Gasteiger partial charge in [0, 0.05) is 11.9 Å². The SMILES string of the molecule is COc1ccc(NC(=O)NC(=O)CNC(c2ccccc2)c2ccccn2)cc1. The summed E-state index contributed by atoms with van der Waals surface area (Å²) in [5.74, 6) is 0.227. The van der Waals surface area contributed by atoms with Gasteiger partial charge in [0.1, 0.15) is 5.75 Å². The number of amides is 3. The maximum atomic E-state index is 12.2. The second-order valence-electron chi connectivity index (χ2n) is 6.21. The van der Waals surface area contributed by atoms with Gasteiger partial charge in [0.25, 0.3) is 0 Å². The number of nitrogens with zero attached hydrogens (tertiary/aromatic N) is 1. The van der Waals surface area contributed by atoms with E-state index in [9.17, 15) is 9.59 Å². The molecule has 3 aromatic rings. The molecule has 7 heteroatoms. The fraction of sp³-hybridized carbons (Fsp3) is 0.136. The van der Waals surface area contributed by atoms with Crippen molar-refractivity contribution in [1.82, 2.24) is 15.6 Å². The Labute approximate surface area is 169 Å². The fourth-order valence-electron chi connectivity index (χ4n) is 2.79. The third kappa shape index (κ3) is 5.88. The van der Waals surface area contributed by atoms with E-state index in [1.807, 2.05) is 48.5 Å². The van der Waals surface area contributed by atoms with Crippen LogP contribution in [0.2, 0.25) is 0 Å². The number of rotatable bonds is 7. The first kappa shape index (κ1) is 20.0. The molecule has 3 amide bonds. The highest BCUT2D eigenvalue weighted by atomic mass is 16.5. The lowest BCUT2D eigenvalue weighted by Gasteiger charge is -2.18. The van der Waals surface area contributed by atoms with Crippen molar-refractivity contribution in [1.29, 1.82) is 0 Å². The van der Waals surface area contributed by atoms with Crippen LogP contribution in [-0.2, 0) is 4.79 Å². The molecule has 0 aliphatic heterocycles. The van der Waals surface area contributed by atoms with Crippen molar-refractivity contribution in [2.75, 3.05) is 19.0 Å². The lowest BCUT2D eigenvalue weighted by atomic mass is 10.0. The standard InChI is InChI=1S/C22H22N4O3/c1-29-18-12-10-17(11-13-18)25-22(28)26-20(27)15-24-21(16-7-3-2-4-8-16)19-9-5-6-14-23-19/h2-14,21,24H,15H2,1H3,(H2,25,26,27,28). The Bertz CT molecular complexity index is 892. The van der Waals surface area contributed by atoms with Crippen molar-refractivity contribution < 1.29 is 14.3 Å². The number of anilines is 1. The third-order valence-corrected chi connectivity index (χ3v) is 4.18. The van der Waals surface area contributed by atoms with E-state index in [1.165, 1.54) is 0 Å². The van der Waals surface area contributed by atoms with Gasteiger partial charge in [0.2, 0.25) is 5.91 Å². The number of methoxy groups -OCH3 is 1. The summed E-state index contributed by atoms with van der Waals surface area (Å²) in [6, 6.07) is 21.3. The van der Waals surface area contributed by atoms with E-state index in [2.05, 4.69) is 20.9 Å². The molecule has 0 radical (unpaired) electrons. The predicted octanol–water partition coefficient (Wildman–Crippen LogP) is 3.12. The molecule has 0 saturated heterocycles. The summed E-state index contributed by atoms with van der Waals surface area (Å²) in [5, 5.41) is 8.09. The topological polar surface area (TPSA) is 92.4 Å². The van der Waals surface area contributed by atoms with Crippen LogP contribution in [0.3, 0.4) is 0 Å². The number of ether oxygens (including phenoxy) is 1. The fourth-order valence-corrected chi connectivity index (χ4v) is 2.79. The maximum absolute atomic E-state index is 12.2. The van der Waals surface area contributed by atoms with Crippen LogP contribution in [0, 0.1) is 0 Å². The lowest BCUT2D eigenvalue weighted by molar-refractivity contribution is -0.119. The number of carbonyl (C=O) groups excluding carboxylic acids is 2. The normalized spacial score (nSPS) is 11.3. The average molecular weight is 390 g/mol. The lowest BCUT2D eigenvalue weighted by Crippen LogP contribution is -2.41. The monoisotopic (exact) mass is 390 g/mol. The highest BCUT2D eigenvalue weighted by Crippen LogP contribution is 2.19. The molecule has 0 spiro atoms. The highest BCUT2D eigenvalue weighted by Gasteiger charge is 2.17. The Morgan fingerprint density at radius 2 is 1.69 bits per heavy atom. The largest absolute Gasteiger partial charge is 0.497 e. The molecule has 0 aliphatic carbocycles. The Kier molecular flexibility index (Phi) is 6.91. The molecule has 1 atom stereocenters. The number of benzene rings is 2. The Morgan fingerprint density at radius 3 is 2.34 bits per heavy atom. The molecule has 1 aromatic heterocycles.